The maximum absolute atomic E-state index is 12.8. The van der Waals surface area contributed by atoms with E-state index in [0.29, 0.717) is 26.2 Å². The van der Waals surface area contributed by atoms with Crippen molar-refractivity contribution in [1.29, 1.82) is 0 Å². The molecule has 0 saturated carbocycles. The van der Waals surface area contributed by atoms with Crippen LogP contribution in [0, 0.1) is 6.92 Å². The van der Waals surface area contributed by atoms with Gasteiger partial charge in [0.2, 0.25) is 0 Å². The molecule has 0 radical (unpaired) electrons. The lowest BCUT2D eigenvalue weighted by atomic mass is 10.2. The highest BCUT2D eigenvalue weighted by Gasteiger charge is 2.41. The summed E-state index contributed by atoms with van der Waals surface area (Å²) in [6, 6.07) is -1.40. The highest BCUT2D eigenvalue weighted by atomic mass is 32.1. The zero-order valence-electron chi connectivity index (χ0n) is 14.9. The van der Waals surface area contributed by atoms with E-state index in [1.54, 1.807) is 18.4 Å². The molecule has 142 valence electrons. The minimum absolute atomic E-state index is 0.389. The minimum atomic E-state index is -4.17. The number of aliphatic imine (C=N–C) groups is 1. The van der Waals surface area contributed by atoms with Gasteiger partial charge in [0.1, 0.15) is 6.04 Å². The van der Waals surface area contributed by atoms with Crippen LogP contribution in [0.15, 0.2) is 10.4 Å². The molecule has 25 heavy (non-hydrogen) atoms. The van der Waals surface area contributed by atoms with Crippen LogP contribution in [-0.4, -0.2) is 72.7 Å². The normalized spacial score (nSPS) is 18.5. The quantitative estimate of drug-likeness (QED) is 0.487. The average molecular weight is 377 g/mol. The maximum atomic E-state index is 12.8. The lowest BCUT2D eigenvalue weighted by molar-refractivity contribution is -0.181. The van der Waals surface area contributed by atoms with E-state index in [2.05, 4.69) is 15.3 Å². The summed E-state index contributed by atoms with van der Waals surface area (Å²) in [6.45, 7) is 5.85. The van der Waals surface area contributed by atoms with Gasteiger partial charge in [-0.15, -0.1) is 11.3 Å². The van der Waals surface area contributed by atoms with Crippen molar-refractivity contribution >= 4 is 17.3 Å². The van der Waals surface area contributed by atoms with Gasteiger partial charge in [-0.3, -0.25) is 9.89 Å². The summed E-state index contributed by atoms with van der Waals surface area (Å²) in [6.07, 6.45) is -2.31. The number of hydrogen-bond acceptors (Lipinski definition) is 4. The SMILES string of the molecule is CN=C(NCCCc1nc(C)cs1)N1CCN(C(C)C(F)(F)F)CC1. The van der Waals surface area contributed by atoms with E-state index in [9.17, 15) is 13.2 Å². The van der Waals surface area contributed by atoms with Crippen LogP contribution in [0.3, 0.4) is 0 Å². The smallest absolute Gasteiger partial charge is 0.356 e. The van der Waals surface area contributed by atoms with Gasteiger partial charge < -0.3 is 10.2 Å². The van der Waals surface area contributed by atoms with Crippen molar-refractivity contribution in [2.24, 2.45) is 4.99 Å². The van der Waals surface area contributed by atoms with Gasteiger partial charge in [0, 0.05) is 57.3 Å². The van der Waals surface area contributed by atoms with Crippen molar-refractivity contribution in [3.8, 4) is 0 Å². The maximum Gasteiger partial charge on any atom is 0.403 e. The number of halogens is 3. The van der Waals surface area contributed by atoms with Crippen molar-refractivity contribution < 1.29 is 13.2 Å². The summed E-state index contributed by atoms with van der Waals surface area (Å²) in [4.78, 5) is 12.2. The Morgan fingerprint density at radius 1 is 1.36 bits per heavy atom. The summed E-state index contributed by atoms with van der Waals surface area (Å²) >= 11 is 1.67. The molecule has 5 nitrogen and oxygen atoms in total. The third-order valence-electron chi connectivity index (χ3n) is 4.36. The average Bonchev–Trinajstić information content (AvgIpc) is 2.99. The second-order valence-corrected chi connectivity index (χ2v) is 7.14. The Kier molecular flexibility index (Phi) is 7.06. The molecule has 0 spiro atoms. The van der Waals surface area contributed by atoms with Gasteiger partial charge in [-0.25, -0.2) is 4.98 Å². The van der Waals surface area contributed by atoms with Gasteiger partial charge in [-0.1, -0.05) is 0 Å². The Bertz CT molecular complexity index is 564. The molecule has 0 aromatic carbocycles. The van der Waals surface area contributed by atoms with E-state index in [-0.39, 0.29) is 0 Å². The van der Waals surface area contributed by atoms with E-state index >= 15 is 0 Å². The fraction of sp³-hybridized carbons (Fsp3) is 0.750. The molecule has 1 aliphatic rings. The molecule has 1 unspecified atom stereocenters. The van der Waals surface area contributed by atoms with Crippen molar-refractivity contribution in [3.05, 3.63) is 16.1 Å². The zero-order chi connectivity index (χ0) is 18.4. The number of guanidine groups is 1. The molecule has 1 atom stereocenters. The minimum Gasteiger partial charge on any atom is -0.356 e. The molecular weight excluding hydrogens is 351 g/mol. The second kappa shape index (κ2) is 8.84. The molecule has 1 aromatic heterocycles. The first-order valence-electron chi connectivity index (χ1n) is 8.48. The highest BCUT2D eigenvalue weighted by molar-refractivity contribution is 7.09. The van der Waals surface area contributed by atoms with Crippen molar-refractivity contribution in [2.45, 2.75) is 38.9 Å². The van der Waals surface area contributed by atoms with Crippen molar-refractivity contribution in [3.63, 3.8) is 0 Å². The van der Waals surface area contributed by atoms with Crippen LogP contribution in [0.25, 0.3) is 0 Å². The van der Waals surface area contributed by atoms with Gasteiger partial charge in [0.15, 0.2) is 5.96 Å². The number of piperazine rings is 1. The Balaban J connectivity index is 1.73. The Morgan fingerprint density at radius 3 is 2.56 bits per heavy atom. The van der Waals surface area contributed by atoms with Gasteiger partial charge in [-0.05, 0) is 20.3 Å². The van der Waals surface area contributed by atoms with E-state index in [0.717, 1.165) is 36.0 Å². The van der Waals surface area contributed by atoms with Gasteiger partial charge in [-0.2, -0.15) is 13.2 Å². The number of alkyl halides is 3. The molecule has 1 N–H and O–H groups in total. The van der Waals surface area contributed by atoms with Crippen LogP contribution in [-0.2, 0) is 6.42 Å². The summed E-state index contributed by atoms with van der Waals surface area (Å²) in [5.74, 6) is 0.759. The standard InChI is InChI=1S/C16H26F3N5S/c1-12-11-25-14(22-12)5-4-6-21-15(20-3)24-9-7-23(8-10-24)13(2)16(17,18)19/h11,13H,4-10H2,1-3H3,(H,20,21). The molecule has 1 saturated heterocycles. The molecule has 2 rings (SSSR count). The number of nitrogens with zero attached hydrogens (tertiary/aromatic N) is 4. The monoisotopic (exact) mass is 377 g/mol. The van der Waals surface area contributed by atoms with Crippen LogP contribution in [0.2, 0.25) is 0 Å². The number of rotatable bonds is 5. The van der Waals surface area contributed by atoms with Crippen LogP contribution < -0.4 is 5.32 Å². The van der Waals surface area contributed by atoms with Crippen LogP contribution in [0.5, 0.6) is 0 Å². The first kappa shape index (κ1) is 20.0. The molecule has 0 aliphatic carbocycles. The first-order chi connectivity index (χ1) is 11.8. The van der Waals surface area contributed by atoms with Gasteiger partial charge in [0.05, 0.1) is 5.01 Å². The molecule has 0 amide bonds. The van der Waals surface area contributed by atoms with Crippen LogP contribution >= 0.6 is 11.3 Å². The van der Waals surface area contributed by atoms with E-state index in [1.807, 2.05) is 17.2 Å². The summed E-state index contributed by atoms with van der Waals surface area (Å²) in [5, 5.41) is 6.48. The first-order valence-corrected chi connectivity index (χ1v) is 9.36. The molecule has 0 bridgehead atoms. The van der Waals surface area contributed by atoms with E-state index in [4.69, 9.17) is 0 Å². The Hall–Kier alpha value is -1.35. The topological polar surface area (TPSA) is 43.8 Å². The number of hydrogen-bond donors (Lipinski definition) is 1. The molecular formula is C16H26F3N5S. The predicted molar refractivity (Wildman–Crippen MR) is 95.2 cm³/mol. The van der Waals surface area contributed by atoms with Crippen molar-refractivity contribution in [1.82, 2.24) is 20.1 Å². The Morgan fingerprint density at radius 2 is 2.04 bits per heavy atom. The number of aryl methyl sites for hydroxylation is 2. The fourth-order valence-corrected chi connectivity index (χ4v) is 3.64. The Labute approximate surface area is 150 Å². The fourth-order valence-electron chi connectivity index (χ4n) is 2.82. The summed E-state index contributed by atoms with van der Waals surface area (Å²) < 4.78 is 38.4. The number of thiazole rings is 1. The zero-order valence-corrected chi connectivity index (χ0v) is 15.8. The third-order valence-corrected chi connectivity index (χ3v) is 5.39. The lowest BCUT2D eigenvalue weighted by Gasteiger charge is -2.39. The molecule has 9 heteroatoms. The molecule has 1 fully saturated rings. The van der Waals surface area contributed by atoms with Gasteiger partial charge >= 0.3 is 6.18 Å². The highest BCUT2D eigenvalue weighted by Crippen LogP contribution is 2.25. The van der Waals surface area contributed by atoms with Crippen LogP contribution in [0.1, 0.15) is 24.0 Å². The number of nitrogens with one attached hydrogen (secondary N) is 1. The van der Waals surface area contributed by atoms with Gasteiger partial charge in [0.25, 0.3) is 0 Å². The second-order valence-electron chi connectivity index (χ2n) is 6.20. The van der Waals surface area contributed by atoms with E-state index < -0.39 is 12.2 Å². The predicted octanol–water partition coefficient (Wildman–Crippen LogP) is 2.53. The summed E-state index contributed by atoms with van der Waals surface area (Å²) in [5.41, 5.74) is 1.05. The van der Waals surface area contributed by atoms with E-state index in [1.165, 1.54) is 11.8 Å². The third kappa shape index (κ3) is 5.85. The molecule has 2 heterocycles. The van der Waals surface area contributed by atoms with Crippen LogP contribution in [0.4, 0.5) is 13.2 Å². The lowest BCUT2D eigenvalue weighted by Crippen LogP contribution is -2.56. The number of aromatic nitrogens is 1. The molecule has 1 aromatic rings. The summed E-state index contributed by atoms with van der Waals surface area (Å²) in [7, 11) is 1.71. The van der Waals surface area contributed by atoms with Crippen molar-refractivity contribution in [2.75, 3.05) is 39.8 Å². The molecule has 1 aliphatic heterocycles. The largest absolute Gasteiger partial charge is 0.403 e.